The number of rotatable bonds is 10. The maximum atomic E-state index is 13.1. The van der Waals surface area contributed by atoms with Gasteiger partial charge in [-0.25, -0.2) is 4.68 Å². The molecular weight excluding hydrogens is 573 g/mol. The molecule has 0 saturated heterocycles. The minimum Gasteiger partial charge on any atom is -0.481 e. The molecule has 220 valence electrons. The van der Waals surface area contributed by atoms with Gasteiger partial charge in [-0.1, -0.05) is 17.3 Å². The lowest BCUT2D eigenvalue weighted by Crippen LogP contribution is -2.44. The highest BCUT2D eigenvalue weighted by Crippen LogP contribution is 2.35. The molecule has 0 atom stereocenters. The van der Waals surface area contributed by atoms with Crippen molar-refractivity contribution in [3.63, 3.8) is 0 Å². The molecule has 0 unspecified atom stereocenters. The predicted molar refractivity (Wildman–Crippen MR) is 135 cm³/mol. The molecule has 2 heterocycles. The van der Waals surface area contributed by atoms with Crippen molar-refractivity contribution < 1.29 is 50.1 Å². The molecule has 41 heavy (non-hydrogen) atoms. The first-order chi connectivity index (χ1) is 18.8. The number of carbonyl (C=O) groups is 3. The number of imide groups is 1. The number of hydrogen-bond acceptors (Lipinski definition) is 9. The van der Waals surface area contributed by atoms with Crippen LogP contribution in [0.25, 0.3) is 16.5 Å². The summed E-state index contributed by atoms with van der Waals surface area (Å²) in [6, 6.07) is 6.99. The minimum atomic E-state index is -6.31. The normalized spacial score (nSPS) is 14.7. The maximum absolute atomic E-state index is 13.1. The Morgan fingerprint density at radius 3 is 2.34 bits per heavy atom. The van der Waals surface area contributed by atoms with Crippen LogP contribution >= 0.6 is 0 Å². The van der Waals surface area contributed by atoms with Crippen molar-refractivity contribution in [1.29, 1.82) is 0 Å². The van der Waals surface area contributed by atoms with Crippen molar-refractivity contribution in [3.8, 4) is 5.69 Å². The van der Waals surface area contributed by atoms with Crippen molar-refractivity contribution in [2.75, 3.05) is 6.61 Å². The SMILES string of the molecule is CC(C)(Cc1cn(-c2cc3c4c(cccc4c2)C(=O)N(OS(=O)(=O)C(F)(F)F)C3=O)nn1)OCCC(C)(C)C(=O)O. The van der Waals surface area contributed by atoms with E-state index >= 15 is 0 Å². The number of alkyl halides is 3. The summed E-state index contributed by atoms with van der Waals surface area (Å²) in [5, 5.41) is 17.5. The zero-order chi connectivity index (χ0) is 30.5. The summed E-state index contributed by atoms with van der Waals surface area (Å²) in [5.74, 6) is -3.72. The molecule has 2 aromatic carbocycles. The van der Waals surface area contributed by atoms with E-state index in [-0.39, 0.29) is 41.6 Å². The number of nitrogens with zero attached hydrogens (tertiary/aromatic N) is 4. The highest BCUT2D eigenvalue weighted by Gasteiger charge is 2.51. The number of carboxylic acid groups (broad SMARTS) is 1. The van der Waals surface area contributed by atoms with Gasteiger partial charge >= 0.3 is 21.6 Å². The molecule has 0 radical (unpaired) electrons. The van der Waals surface area contributed by atoms with Crippen molar-refractivity contribution in [3.05, 3.63) is 53.3 Å². The van der Waals surface area contributed by atoms with Crippen LogP contribution in [0.15, 0.2) is 36.5 Å². The van der Waals surface area contributed by atoms with Gasteiger partial charge in [0.25, 0.3) is 11.8 Å². The van der Waals surface area contributed by atoms with Crippen LogP contribution in [0.2, 0.25) is 0 Å². The molecule has 2 amide bonds. The quantitative estimate of drug-likeness (QED) is 0.270. The second kappa shape index (κ2) is 10.2. The zero-order valence-corrected chi connectivity index (χ0v) is 23.0. The Kier molecular flexibility index (Phi) is 7.47. The largest absolute Gasteiger partial charge is 0.525 e. The van der Waals surface area contributed by atoms with E-state index in [4.69, 9.17) is 4.74 Å². The van der Waals surface area contributed by atoms with Crippen LogP contribution in [-0.4, -0.2) is 69.1 Å². The number of hydrogen-bond donors (Lipinski definition) is 1. The number of amides is 2. The topological polar surface area (TPSA) is 158 Å². The standard InChI is InChI=1S/C25H25F3N4O8S/c1-23(2,22(35)36)8-9-39-24(3,4)12-15-13-31(30-29-15)16-10-14-6-5-7-17-19(14)18(11-16)21(34)32(20(17)33)40-41(37,38)25(26,27)28/h5-7,10-11,13H,8-9,12H2,1-4H3,(H,35,36). The number of aromatic nitrogens is 3. The molecule has 1 aromatic heterocycles. The lowest BCUT2D eigenvalue weighted by Gasteiger charge is -2.27. The average Bonchev–Trinajstić information content (AvgIpc) is 3.31. The summed E-state index contributed by atoms with van der Waals surface area (Å²) in [5.41, 5.74) is -7.39. The van der Waals surface area contributed by atoms with E-state index in [0.717, 1.165) is 0 Å². The molecule has 0 bridgehead atoms. The van der Waals surface area contributed by atoms with Gasteiger partial charge in [0.05, 0.1) is 39.7 Å². The molecule has 1 aliphatic heterocycles. The van der Waals surface area contributed by atoms with E-state index < -0.39 is 49.5 Å². The number of benzene rings is 2. The third kappa shape index (κ3) is 5.94. The fraction of sp³-hybridized carbons (Fsp3) is 0.400. The number of ether oxygens (including phenoxy) is 1. The van der Waals surface area contributed by atoms with Crippen molar-refractivity contribution in [2.45, 2.75) is 51.6 Å². The van der Waals surface area contributed by atoms with Crippen LogP contribution in [0.1, 0.15) is 60.5 Å². The Balaban J connectivity index is 1.62. The Labute approximate surface area is 231 Å². The van der Waals surface area contributed by atoms with Crippen LogP contribution in [0.5, 0.6) is 0 Å². The third-order valence-corrected chi connectivity index (χ3v) is 7.37. The third-order valence-electron chi connectivity index (χ3n) is 6.46. The summed E-state index contributed by atoms with van der Waals surface area (Å²) in [6.07, 6.45) is 2.09. The Hall–Kier alpha value is -3.89. The monoisotopic (exact) mass is 598 g/mol. The first kappa shape index (κ1) is 30.1. The molecule has 3 aromatic rings. The van der Waals surface area contributed by atoms with Crippen LogP contribution < -0.4 is 0 Å². The summed E-state index contributed by atoms with van der Waals surface area (Å²) in [7, 11) is -6.31. The Morgan fingerprint density at radius 2 is 1.71 bits per heavy atom. The molecule has 12 nitrogen and oxygen atoms in total. The molecule has 1 aliphatic rings. The van der Waals surface area contributed by atoms with Crippen molar-refractivity contribution in [2.24, 2.45) is 5.41 Å². The van der Waals surface area contributed by atoms with Gasteiger partial charge in [0.15, 0.2) is 0 Å². The fourth-order valence-corrected chi connectivity index (χ4v) is 4.51. The van der Waals surface area contributed by atoms with Crippen LogP contribution in [0, 0.1) is 5.41 Å². The molecule has 1 N–H and O–H groups in total. The van der Waals surface area contributed by atoms with Gasteiger partial charge in [-0.3, -0.25) is 14.4 Å². The second-order valence-electron chi connectivity index (χ2n) is 10.7. The lowest BCUT2D eigenvalue weighted by molar-refractivity contribution is -0.148. The maximum Gasteiger partial charge on any atom is 0.525 e. The highest BCUT2D eigenvalue weighted by molar-refractivity contribution is 7.87. The number of carboxylic acids is 1. The predicted octanol–water partition coefficient (Wildman–Crippen LogP) is 3.64. The Morgan fingerprint density at radius 1 is 1.05 bits per heavy atom. The molecule has 0 aliphatic carbocycles. The fourth-order valence-electron chi connectivity index (χ4n) is 4.09. The van der Waals surface area contributed by atoms with E-state index in [1.54, 1.807) is 39.8 Å². The zero-order valence-electron chi connectivity index (χ0n) is 22.2. The summed E-state index contributed by atoms with van der Waals surface area (Å²) < 4.78 is 73.0. The number of aliphatic carboxylic acids is 1. The first-order valence-corrected chi connectivity index (χ1v) is 13.5. The average molecular weight is 599 g/mol. The van der Waals surface area contributed by atoms with Crippen LogP contribution in [0.4, 0.5) is 13.2 Å². The highest BCUT2D eigenvalue weighted by atomic mass is 32.2. The number of hydroxylamine groups is 2. The van der Waals surface area contributed by atoms with E-state index in [9.17, 15) is 41.1 Å². The Bertz CT molecular complexity index is 1660. The van der Waals surface area contributed by atoms with Gasteiger partial charge in [-0.05, 0) is 57.7 Å². The lowest BCUT2D eigenvalue weighted by atomic mass is 9.90. The van der Waals surface area contributed by atoms with Gasteiger partial charge in [0.2, 0.25) is 0 Å². The van der Waals surface area contributed by atoms with Gasteiger partial charge in [-0.2, -0.15) is 21.6 Å². The second-order valence-corrected chi connectivity index (χ2v) is 12.2. The first-order valence-electron chi connectivity index (χ1n) is 12.1. The van der Waals surface area contributed by atoms with Gasteiger partial charge in [-0.15, -0.1) is 14.4 Å². The van der Waals surface area contributed by atoms with Crippen molar-refractivity contribution in [1.82, 2.24) is 20.1 Å². The molecule has 16 heteroatoms. The van der Waals surface area contributed by atoms with Crippen LogP contribution in [-0.2, 0) is 30.4 Å². The summed E-state index contributed by atoms with van der Waals surface area (Å²) >= 11 is 0. The summed E-state index contributed by atoms with van der Waals surface area (Å²) in [6.45, 7) is 6.96. The number of halogens is 3. The molecule has 4 rings (SSSR count). The van der Waals surface area contributed by atoms with Gasteiger partial charge in [0.1, 0.15) is 0 Å². The smallest absolute Gasteiger partial charge is 0.481 e. The molecular formula is C25H25F3N4O8S. The van der Waals surface area contributed by atoms with E-state index in [1.807, 2.05) is 0 Å². The molecule has 0 spiro atoms. The molecule has 0 saturated carbocycles. The number of carbonyl (C=O) groups excluding carboxylic acids is 2. The summed E-state index contributed by atoms with van der Waals surface area (Å²) in [4.78, 5) is 37.1. The minimum absolute atomic E-state index is 0.106. The van der Waals surface area contributed by atoms with E-state index in [1.165, 1.54) is 29.1 Å². The van der Waals surface area contributed by atoms with E-state index in [2.05, 4.69) is 14.6 Å². The van der Waals surface area contributed by atoms with E-state index in [0.29, 0.717) is 11.1 Å². The van der Waals surface area contributed by atoms with Gasteiger partial charge < -0.3 is 9.84 Å². The molecule has 0 fully saturated rings. The van der Waals surface area contributed by atoms with Crippen LogP contribution in [0.3, 0.4) is 0 Å². The van der Waals surface area contributed by atoms with Gasteiger partial charge in [0, 0.05) is 18.4 Å². The van der Waals surface area contributed by atoms with Crippen molar-refractivity contribution >= 4 is 38.7 Å².